The van der Waals surface area contributed by atoms with Crippen LogP contribution in [0.2, 0.25) is 0 Å². The van der Waals surface area contributed by atoms with E-state index in [-0.39, 0.29) is 0 Å². The third-order valence-electron chi connectivity index (χ3n) is 11.1. The summed E-state index contributed by atoms with van der Waals surface area (Å²) in [6.45, 7) is 20.1. The highest BCUT2D eigenvalue weighted by molar-refractivity contribution is 4.90. The molecule has 0 nitrogen and oxygen atoms in total. The normalized spacial score (nSPS) is 31.2. The molecule has 36 heavy (non-hydrogen) atoms. The largest absolute Gasteiger partial charge is 0.0654 e. The predicted molar refractivity (Wildman–Crippen MR) is 163 cm³/mol. The summed E-state index contributed by atoms with van der Waals surface area (Å²) in [5.74, 6) is 9.57. The Bertz CT molecular complexity index is 532. The van der Waals surface area contributed by atoms with Crippen LogP contribution in [0.1, 0.15) is 171 Å². The van der Waals surface area contributed by atoms with Crippen LogP contribution in [0.15, 0.2) is 0 Å². The Balaban J connectivity index is 2.26. The highest BCUT2D eigenvalue weighted by Crippen LogP contribution is 2.50. The lowest BCUT2D eigenvalue weighted by molar-refractivity contribution is 0.0352. The molecule has 0 heterocycles. The van der Waals surface area contributed by atoms with Gasteiger partial charge in [0.2, 0.25) is 0 Å². The molecule has 0 aliphatic heterocycles. The van der Waals surface area contributed by atoms with Crippen LogP contribution >= 0.6 is 0 Å². The average molecular weight is 503 g/mol. The zero-order valence-corrected chi connectivity index (χ0v) is 26.5. The molecule has 214 valence electrons. The fourth-order valence-electron chi connectivity index (χ4n) is 8.88. The Morgan fingerprint density at radius 3 is 1.28 bits per heavy atom. The fraction of sp³-hybridized carbons (Fsp3) is 1.00. The highest BCUT2D eigenvalue weighted by Gasteiger charge is 2.40. The maximum Gasteiger partial charge on any atom is -0.0352 e. The maximum absolute atomic E-state index is 2.57. The van der Waals surface area contributed by atoms with E-state index >= 15 is 0 Å². The summed E-state index contributed by atoms with van der Waals surface area (Å²) in [6, 6.07) is 0. The molecule has 0 aromatic carbocycles. The van der Waals surface area contributed by atoms with Crippen LogP contribution in [-0.2, 0) is 0 Å². The van der Waals surface area contributed by atoms with Crippen molar-refractivity contribution in [3.8, 4) is 0 Å². The van der Waals surface area contributed by atoms with Crippen LogP contribution < -0.4 is 0 Å². The van der Waals surface area contributed by atoms with E-state index in [0.717, 1.165) is 59.2 Å². The first kappa shape index (κ1) is 32.2. The van der Waals surface area contributed by atoms with Crippen molar-refractivity contribution in [2.24, 2.45) is 59.2 Å². The third-order valence-corrected chi connectivity index (χ3v) is 11.1. The number of hydrogen-bond donors (Lipinski definition) is 0. The lowest BCUT2D eigenvalue weighted by atomic mass is 9.59. The second kappa shape index (κ2) is 17.6. The monoisotopic (exact) mass is 503 g/mol. The average Bonchev–Trinajstić information content (AvgIpc) is 2.84. The molecule has 2 rings (SSSR count). The van der Waals surface area contributed by atoms with Crippen molar-refractivity contribution in [1.29, 1.82) is 0 Å². The summed E-state index contributed by atoms with van der Waals surface area (Å²) in [4.78, 5) is 0. The van der Waals surface area contributed by atoms with Gasteiger partial charge < -0.3 is 0 Å². The molecule has 0 radical (unpaired) electrons. The minimum Gasteiger partial charge on any atom is -0.0654 e. The maximum atomic E-state index is 2.57. The lowest BCUT2D eigenvalue weighted by Crippen LogP contribution is -2.37. The molecular weight excluding hydrogens is 432 g/mol. The van der Waals surface area contributed by atoms with Crippen LogP contribution in [0.4, 0.5) is 0 Å². The molecule has 2 aliphatic carbocycles. The molecule has 0 heteroatoms. The van der Waals surface area contributed by atoms with Gasteiger partial charge in [-0.25, -0.2) is 0 Å². The molecular formula is C36H70. The van der Waals surface area contributed by atoms with Gasteiger partial charge in [-0.3, -0.25) is 0 Å². The smallest absolute Gasteiger partial charge is 0.0352 e. The van der Waals surface area contributed by atoms with Crippen molar-refractivity contribution in [2.75, 3.05) is 0 Å². The highest BCUT2D eigenvalue weighted by atomic mass is 14.5. The van der Waals surface area contributed by atoms with E-state index in [9.17, 15) is 0 Å². The number of rotatable bonds is 17. The van der Waals surface area contributed by atoms with Gasteiger partial charge in [0, 0.05) is 0 Å². The van der Waals surface area contributed by atoms with Crippen molar-refractivity contribution in [1.82, 2.24) is 0 Å². The van der Waals surface area contributed by atoms with E-state index in [0.29, 0.717) is 0 Å². The standard InChI is InChI=1S/C36H70/c1-9-11-13-15-17-19-32(36-25-30(8)21-23-34(36)28(5)6)26-31(18-16-14-12-10-2)35-24-29(7)20-22-33(35)27(3)4/h27-36H,9-26H2,1-8H3. The van der Waals surface area contributed by atoms with Crippen LogP contribution in [0.25, 0.3) is 0 Å². The van der Waals surface area contributed by atoms with Gasteiger partial charge in [0.05, 0.1) is 0 Å². The molecule has 2 fully saturated rings. The topological polar surface area (TPSA) is 0 Å². The van der Waals surface area contributed by atoms with Gasteiger partial charge in [-0.15, -0.1) is 0 Å². The lowest BCUT2D eigenvalue weighted by Gasteiger charge is -2.46. The molecule has 0 N–H and O–H groups in total. The van der Waals surface area contributed by atoms with Crippen molar-refractivity contribution in [3.05, 3.63) is 0 Å². The quantitative estimate of drug-likeness (QED) is 0.173. The van der Waals surface area contributed by atoms with E-state index in [1.165, 1.54) is 109 Å². The summed E-state index contributed by atoms with van der Waals surface area (Å²) in [5.41, 5.74) is 0. The minimum absolute atomic E-state index is 0.867. The number of hydrogen-bond acceptors (Lipinski definition) is 0. The van der Waals surface area contributed by atoms with E-state index in [1.807, 2.05) is 0 Å². The molecule has 0 aromatic rings. The summed E-state index contributed by atoms with van der Waals surface area (Å²) in [7, 11) is 0. The number of unbranched alkanes of at least 4 members (excludes halogenated alkanes) is 7. The zero-order valence-electron chi connectivity index (χ0n) is 26.5. The zero-order chi connectivity index (χ0) is 26.5. The van der Waals surface area contributed by atoms with Crippen LogP contribution in [0.3, 0.4) is 0 Å². The van der Waals surface area contributed by atoms with E-state index < -0.39 is 0 Å². The first-order valence-electron chi connectivity index (χ1n) is 17.3. The van der Waals surface area contributed by atoms with Crippen LogP contribution in [-0.4, -0.2) is 0 Å². The molecule has 0 aromatic heterocycles. The summed E-state index contributed by atoms with van der Waals surface area (Å²) in [5, 5.41) is 0. The Morgan fingerprint density at radius 1 is 0.500 bits per heavy atom. The Morgan fingerprint density at radius 2 is 0.889 bits per heavy atom. The Hall–Kier alpha value is 0. The van der Waals surface area contributed by atoms with Crippen molar-refractivity contribution < 1.29 is 0 Å². The molecule has 8 unspecified atom stereocenters. The molecule has 0 spiro atoms. The van der Waals surface area contributed by atoms with Crippen molar-refractivity contribution >= 4 is 0 Å². The van der Waals surface area contributed by atoms with Gasteiger partial charge in [0.15, 0.2) is 0 Å². The molecule has 2 saturated carbocycles. The van der Waals surface area contributed by atoms with Crippen LogP contribution in [0, 0.1) is 59.2 Å². The summed E-state index contributed by atoms with van der Waals surface area (Å²) >= 11 is 0. The first-order chi connectivity index (χ1) is 17.3. The van der Waals surface area contributed by atoms with Gasteiger partial charge in [0.1, 0.15) is 0 Å². The first-order valence-corrected chi connectivity index (χ1v) is 17.3. The predicted octanol–water partition coefficient (Wildman–Crippen LogP) is 12.4. The Labute approximate surface area is 230 Å². The Kier molecular flexibility index (Phi) is 15.7. The molecule has 0 saturated heterocycles. The third kappa shape index (κ3) is 10.6. The van der Waals surface area contributed by atoms with Gasteiger partial charge in [0.25, 0.3) is 0 Å². The second-order valence-electron chi connectivity index (χ2n) is 14.8. The molecule has 0 bridgehead atoms. The fourth-order valence-corrected chi connectivity index (χ4v) is 8.88. The van der Waals surface area contributed by atoms with E-state index in [1.54, 1.807) is 6.42 Å². The van der Waals surface area contributed by atoms with E-state index in [4.69, 9.17) is 0 Å². The van der Waals surface area contributed by atoms with Crippen molar-refractivity contribution in [3.63, 3.8) is 0 Å². The SMILES string of the molecule is CCCCCCCC(CC(CCCCCC)C1CC(C)CCC1C(C)C)C1CC(C)CCC1C(C)C. The van der Waals surface area contributed by atoms with Gasteiger partial charge in [-0.1, -0.05) is 139 Å². The van der Waals surface area contributed by atoms with Crippen molar-refractivity contribution in [2.45, 2.75) is 171 Å². The molecule has 0 amide bonds. The van der Waals surface area contributed by atoms with Gasteiger partial charge in [-0.05, 0) is 91.3 Å². The second-order valence-corrected chi connectivity index (χ2v) is 14.8. The molecule has 2 aliphatic rings. The van der Waals surface area contributed by atoms with E-state index in [2.05, 4.69) is 55.4 Å². The summed E-state index contributed by atoms with van der Waals surface area (Å²) < 4.78 is 0. The summed E-state index contributed by atoms with van der Waals surface area (Å²) in [6.07, 6.45) is 26.7. The molecule has 8 atom stereocenters. The van der Waals surface area contributed by atoms with Crippen LogP contribution in [0.5, 0.6) is 0 Å². The van der Waals surface area contributed by atoms with Gasteiger partial charge >= 0.3 is 0 Å². The van der Waals surface area contributed by atoms with Gasteiger partial charge in [-0.2, -0.15) is 0 Å². The minimum atomic E-state index is 0.867.